The highest BCUT2D eigenvalue weighted by Crippen LogP contribution is 2.19. The highest BCUT2D eigenvalue weighted by molar-refractivity contribution is 7.89. The van der Waals surface area contributed by atoms with E-state index in [1.165, 1.54) is 18.4 Å². The summed E-state index contributed by atoms with van der Waals surface area (Å²) in [5.74, 6) is -0.163. The van der Waals surface area contributed by atoms with Gasteiger partial charge in [-0.15, -0.1) is 0 Å². The number of ether oxygens (including phenoxy) is 1. The Balaban J connectivity index is 2.08. The Morgan fingerprint density at radius 3 is 2.83 bits per heavy atom. The Bertz CT molecular complexity index is 662. The zero-order valence-corrected chi connectivity index (χ0v) is 14.3. The van der Waals surface area contributed by atoms with Crippen molar-refractivity contribution in [1.29, 1.82) is 0 Å². The minimum atomic E-state index is -3.35. The first kappa shape index (κ1) is 17.6. The van der Waals surface area contributed by atoms with Crippen LogP contribution in [0.1, 0.15) is 10.4 Å². The number of sulfonamides is 1. The van der Waals surface area contributed by atoms with Gasteiger partial charge in [0.05, 0.1) is 30.6 Å². The second kappa shape index (κ2) is 7.24. The summed E-state index contributed by atoms with van der Waals surface area (Å²) < 4.78 is 30.6. The second-order valence-electron chi connectivity index (χ2n) is 5.59. The van der Waals surface area contributed by atoms with E-state index >= 15 is 0 Å². The molecule has 0 spiro atoms. The molecule has 2 N–H and O–H groups in total. The van der Waals surface area contributed by atoms with E-state index in [2.05, 4.69) is 15.6 Å². The molecule has 1 saturated heterocycles. The van der Waals surface area contributed by atoms with Crippen LogP contribution in [0.2, 0.25) is 0 Å². The van der Waals surface area contributed by atoms with Gasteiger partial charge in [0.2, 0.25) is 10.0 Å². The fraction of sp³-hybridized carbons (Fsp3) is 0.571. The third-order valence-electron chi connectivity index (χ3n) is 3.79. The maximum absolute atomic E-state index is 12.4. The number of anilines is 1. The summed E-state index contributed by atoms with van der Waals surface area (Å²) in [6.07, 6.45) is 1.59. The zero-order valence-electron chi connectivity index (χ0n) is 13.4. The Labute approximate surface area is 136 Å². The number of pyridine rings is 1. The number of nitrogens with zero attached hydrogens (tertiary/aromatic N) is 2. The lowest BCUT2D eigenvalue weighted by Gasteiger charge is -2.21. The van der Waals surface area contributed by atoms with Crippen molar-refractivity contribution < 1.29 is 17.9 Å². The molecule has 0 aliphatic carbocycles. The van der Waals surface area contributed by atoms with Gasteiger partial charge >= 0.3 is 0 Å². The summed E-state index contributed by atoms with van der Waals surface area (Å²) in [5, 5.41) is 5.71. The maximum Gasteiger partial charge on any atom is 0.255 e. The van der Waals surface area contributed by atoms with E-state index in [1.807, 2.05) is 0 Å². The van der Waals surface area contributed by atoms with Crippen molar-refractivity contribution in [3.63, 3.8) is 0 Å². The average Bonchev–Trinajstić information content (AvgIpc) is 2.93. The molecule has 0 saturated carbocycles. The molecule has 128 valence electrons. The van der Waals surface area contributed by atoms with Crippen molar-refractivity contribution in [1.82, 2.24) is 14.6 Å². The number of nitrogens with one attached hydrogen (secondary N) is 2. The van der Waals surface area contributed by atoms with Gasteiger partial charge in [0.15, 0.2) is 0 Å². The predicted molar refractivity (Wildman–Crippen MR) is 86.8 cm³/mol. The van der Waals surface area contributed by atoms with Crippen molar-refractivity contribution in [3.05, 3.63) is 23.9 Å². The molecule has 2 heterocycles. The molecule has 0 unspecified atom stereocenters. The van der Waals surface area contributed by atoms with Gasteiger partial charge in [-0.1, -0.05) is 0 Å². The number of aromatic nitrogens is 1. The van der Waals surface area contributed by atoms with Gasteiger partial charge in [-0.2, -0.15) is 0 Å². The van der Waals surface area contributed by atoms with Crippen LogP contribution in [-0.4, -0.2) is 69.8 Å². The Morgan fingerprint density at radius 2 is 2.17 bits per heavy atom. The molecule has 0 aromatic carbocycles. The predicted octanol–water partition coefficient (Wildman–Crippen LogP) is -0.240. The molecule has 1 aromatic rings. The van der Waals surface area contributed by atoms with E-state index in [0.717, 1.165) is 0 Å². The lowest BCUT2D eigenvalue weighted by Crippen LogP contribution is -2.43. The van der Waals surface area contributed by atoms with Gasteiger partial charge in [0.25, 0.3) is 5.91 Å². The quantitative estimate of drug-likeness (QED) is 0.740. The van der Waals surface area contributed by atoms with E-state index in [-0.39, 0.29) is 23.6 Å². The standard InChI is InChI=1S/C14H22N4O4S/c1-15-13-11(5-4-6-16-13)14(19)17-12-8-22-7-10(12)9-23(20,21)18(2)3/h4-6,10,12H,7-9H2,1-3H3,(H,15,16)(H,17,19)/t10-,12-/m0/s1. The Kier molecular flexibility index (Phi) is 5.55. The van der Waals surface area contributed by atoms with Crippen LogP contribution < -0.4 is 10.6 Å². The molecule has 1 aromatic heterocycles. The van der Waals surface area contributed by atoms with Gasteiger partial charge in [-0.05, 0) is 12.1 Å². The molecule has 1 fully saturated rings. The first-order chi connectivity index (χ1) is 10.8. The van der Waals surface area contributed by atoms with Gasteiger partial charge in [-0.3, -0.25) is 4.79 Å². The Morgan fingerprint density at radius 1 is 1.43 bits per heavy atom. The summed E-state index contributed by atoms with van der Waals surface area (Å²) in [5.41, 5.74) is 0.413. The lowest BCUT2D eigenvalue weighted by atomic mass is 10.1. The highest BCUT2D eigenvalue weighted by atomic mass is 32.2. The van der Waals surface area contributed by atoms with Crippen LogP contribution in [0.5, 0.6) is 0 Å². The highest BCUT2D eigenvalue weighted by Gasteiger charge is 2.34. The summed E-state index contributed by atoms with van der Waals surface area (Å²) >= 11 is 0. The average molecular weight is 342 g/mol. The molecule has 23 heavy (non-hydrogen) atoms. The molecular weight excluding hydrogens is 320 g/mol. The molecule has 2 rings (SSSR count). The smallest absolute Gasteiger partial charge is 0.255 e. The molecule has 0 bridgehead atoms. The normalized spacial score (nSPS) is 21.4. The number of hydrogen-bond acceptors (Lipinski definition) is 6. The molecule has 9 heteroatoms. The molecule has 2 atom stereocenters. The van der Waals surface area contributed by atoms with Crippen LogP contribution in [0.4, 0.5) is 5.82 Å². The SMILES string of the molecule is CNc1ncccc1C(=O)N[C@H]1COC[C@H]1CS(=O)(=O)N(C)C. The molecule has 1 aliphatic rings. The number of rotatable bonds is 6. The van der Waals surface area contributed by atoms with E-state index < -0.39 is 10.0 Å². The third-order valence-corrected chi connectivity index (χ3v) is 5.75. The number of hydrogen-bond donors (Lipinski definition) is 2. The third kappa shape index (κ3) is 4.18. The van der Waals surface area contributed by atoms with E-state index in [4.69, 9.17) is 4.74 Å². The van der Waals surface area contributed by atoms with Crippen molar-refractivity contribution in [2.24, 2.45) is 5.92 Å². The summed E-state index contributed by atoms with van der Waals surface area (Å²) in [6, 6.07) is 2.99. The van der Waals surface area contributed by atoms with Crippen LogP contribution in [0.15, 0.2) is 18.3 Å². The monoisotopic (exact) mass is 342 g/mol. The lowest BCUT2D eigenvalue weighted by molar-refractivity contribution is 0.0926. The van der Waals surface area contributed by atoms with E-state index in [1.54, 1.807) is 25.4 Å². The van der Waals surface area contributed by atoms with Crippen molar-refractivity contribution >= 4 is 21.7 Å². The molecule has 8 nitrogen and oxygen atoms in total. The number of amides is 1. The van der Waals surface area contributed by atoms with Gasteiger partial charge in [-0.25, -0.2) is 17.7 Å². The number of carbonyl (C=O) groups excluding carboxylic acids is 1. The van der Waals surface area contributed by atoms with Crippen molar-refractivity contribution in [2.45, 2.75) is 6.04 Å². The molecule has 1 amide bonds. The van der Waals surface area contributed by atoms with Crippen LogP contribution in [0, 0.1) is 5.92 Å². The minimum absolute atomic E-state index is 0.0587. The first-order valence-corrected chi connectivity index (χ1v) is 8.87. The largest absolute Gasteiger partial charge is 0.379 e. The molecular formula is C14H22N4O4S. The van der Waals surface area contributed by atoms with Gasteiger partial charge < -0.3 is 15.4 Å². The van der Waals surface area contributed by atoms with Gasteiger partial charge in [0.1, 0.15) is 5.82 Å². The van der Waals surface area contributed by atoms with E-state index in [0.29, 0.717) is 24.6 Å². The van der Waals surface area contributed by atoms with Crippen LogP contribution in [0.3, 0.4) is 0 Å². The zero-order chi connectivity index (χ0) is 17.0. The minimum Gasteiger partial charge on any atom is -0.379 e. The van der Waals surface area contributed by atoms with Crippen LogP contribution in [0.25, 0.3) is 0 Å². The van der Waals surface area contributed by atoms with Gasteiger partial charge in [0, 0.05) is 33.3 Å². The maximum atomic E-state index is 12.4. The van der Waals surface area contributed by atoms with Crippen LogP contribution in [-0.2, 0) is 14.8 Å². The van der Waals surface area contributed by atoms with E-state index in [9.17, 15) is 13.2 Å². The summed E-state index contributed by atoms with van der Waals surface area (Å²) in [4.78, 5) is 16.5. The topological polar surface area (TPSA) is 101 Å². The second-order valence-corrected chi connectivity index (χ2v) is 7.82. The summed E-state index contributed by atoms with van der Waals surface area (Å²) in [7, 11) is 1.32. The molecule has 1 aliphatic heterocycles. The number of carbonyl (C=O) groups is 1. The summed E-state index contributed by atoms with van der Waals surface area (Å²) in [6.45, 7) is 0.610. The first-order valence-electron chi connectivity index (χ1n) is 7.26. The fourth-order valence-electron chi connectivity index (χ4n) is 2.38. The Hall–Kier alpha value is -1.71. The van der Waals surface area contributed by atoms with Crippen molar-refractivity contribution in [2.75, 3.05) is 45.4 Å². The fourth-order valence-corrected chi connectivity index (χ4v) is 3.54. The van der Waals surface area contributed by atoms with Crippen LogP contribution >= 0.6 is 0 Å². The van der Waals surface area contributed by atoms with Crippen molar-refractivity contribution in [3.8, 4) is 0 Å². The molecule has 0 radical (unpaired) electrons.